The molecular formula is C20H21N3O2S. The van der Waals surface area contributed by atoms with Crippen molar-refractivity contribution in [3.8, 4) is 16.5 Å². The van der Waals surface area contributed by atoms with E-state index in [0.29, 0.717) is 19.1 Å². The van der Waals surface area contributed by atoms with E-state index in [1.54, 1.807) is 11.3 Å². The molecule has 0 saturated heterocycles. The molecule has 0 radical (unpaired) electrons. The number of nitrogens with zero attached hydrogens (tertiary/aromatic N) is 2. The number of H-pyrrole nitrogens is 1. The smallest absolute Gasteiger partial charge is 0.255 e. The maximum Gasteiger partial charge on any atom is 0.255 e. The van der Waals surface area contributed by atoms with Crippen molar-refractivity contribution in [2.24, 2.45) is 0 Å². The summed E-state index contributed by atoms with van der Waals surface area (Å²) in [5, 5.41) is 1.99. The zero-order valence-corrected chi connectivity index (χ0v) is 15.7. The molecule has 0 amide bonds. The third-order valence-corrected chi connectivity index (χ3v) is 5.74. The summed E-state index contributed by atoms with van der Waals surface area (Å²) in [5.41, 5.74) is 3.98. The summed E-state index contributed by atoms with van der Waals surface area (Å²) in [6.07, 6.45) is 0.758. The van der Waals surface area contributed by atoms with E-state index in [9.17, 15) is 4.79 Å². The van der Waals surface area contributed by atoms with Crippen LogP contribution >= 0.6 is 11.3 Å². The third kappa shape index (κ3) is 3.30. The molecule has 0 bridgehead atoms. The number of hydrogen-bond acceptors (Lipinski definition) is 5. The van der Waals surface area contributed by atoms with Gasteiger partial charge in [0.1, 0.15) is 12.5 Å². The van der Waals surface area contributed by atoms with Gasteiger partial charge >= 0.3 is 0 Å². The van der Waals surface area contributed by atoms with Crippen LogP contribution in [0.4, 0.5) is 0 Å². The number of ether oxygens (including phenoxy) is 1. The van der Waals surface area contributed by atoms with Crippen molar-refractivity contribution in [3.63, 3.8) is 0 Å². The Labute approximate surface area is 156 Å². The van der Waals surface area contributed by atoms with Crippen molar-refractivity contribution < 1.29 is 4.74 Å². The van der Waals surface area contributed by atoms with Gasteiger partial charge in [-0.25, -0.2) is 4.98 Å². The summed E-state index contributed by atoms with van der Waals surface area (Å²) in [4.78, 5) is 23.3. The highest BCUT2D eigenvalue weighted by Gasteiger charge is 2.22. The summed E-state index contributed by atoms with van der Waals surface area (Å²) >= 11 is 1.58. The molecule has 0 unspecified atom stereocenters. The van der Waals surface area contributed by atoms with Crippen LogP contribution in [0, 0.1) is 13.8 Å². The van der Waals surface area contributed by atoms with Gasteiger partial charge in [-0.15, -0.1) is 11.3 Å². The second kappa shape index (κ2) is 7.05. The van der Waals surface area contributed by atoms with Crippen molar-refractivity contribution in [2.75, 3.05) is 13.3 Å². The number of fused-ring (bicyclic) bond motifs is 1. The maximum absolute atomic E-state index is 12.5. The lowest BCUT2D eigenvalue weighted by molar-refractivity contribution is 0.112. The lowest BCUT2D eigenvalue weighted by Gasteiger charge is -2.27. The van der Waals surface area contributed by atoms with E-state index in [4.69, 9.17) is 4.74 Å². The second-order valence-corrected chi connectivity index (χ2v) is 7.54. The van der Waals surface area contributed by atoms with E-state index >= 15 is 0 Å². The van der Waals surface area contributed by atoms with Gasteiger partial charge in [-0.2, -0.15) is 0 Å². The number of nitrogens with one attached hydrogen (secondary N) is 1. The number of aromatic nitrogens is 2. The number of hydrogen-bond donors (Lipinski definition) is 1. The Kier molecular flexibility index (Phi) is 4.61. The Balaban J connectivity index is 1.50. The number of benzene rings is 1. The molecule has 1 aliphatic heterocycles. The molecule has 26 heavy (non-hydrogen) atoms. The molecule has 0 fully saturated rings. The maximum atomic E-state index is 12.5. The molecule has 1 N–H and O–H groups in total. The van der Waals surface area contributed by atoms with E-state index in [1.165, 1.54) is 5.56 Å². The molecule has 2 aromatic heterocycles. The van der Waals surface area contributed by atoms with Gasteiger partial charge in [-0.3, -0.25) is 9.69 Å². The Hall–Kier alpha value is -2.44. The standard InChI is InChI=1S/C20H21N3O2S/c1-13-5-3-6-17(14(13)2)25-12-23-9-8-16-15(11-23)20(24)22-19(21-16)18-7-4-10-26-18/h3-7,10H,8-9,11-12H2,1-2H3,(H,21,22,24). The third-order valence-electron chi connectivity index (χ3n) is 4.86. The molecule has 3 aromatic rings. The summed E-state index contributed by atoms with van der Waals surface area (Å²) < 4.78 is 5.99. The first-order chi connectivity index (χ1) is 12.6. The van der Waals surface area contributed by atoms with E-state index in [0.717, 1.165) is 40.4 Å². The topological polar surface area (TPSA) is 58.2 Å². The van der Waals surface area contributed by atoms with Gasteiger partial charge in [0.05, 0.1) is 16.1 Å². The first-order valence-electron chi connectivity index (χ1n) is 8.69. The van der Waals surface area contributed by atoms with E-state index in [-0.39, 0.29) is 5.56 Å². The molecule has 134 valence electrons. The SMILES string of the molecule is Cc1cccc(OCN2CCc3nc(-c4cccs4)[nH]c(=O)c3C2)c1C. The molecule has 1 aromatic carbocycles. The summed E-state index contributed by atoms with van der Waals surface area (Å²) in [7, 11) is 0. The Bertz CT molecular complexity index is 979. The van der Waals surface area contributed by atoms with Crippen LogP contribution in [0.3, 0.4) is 0 Å². The summed E-state index contributed by atoms with van der Waals surface area (Å²) in [6.45, 7) is 6.01. The van der Waals surface area contributed by atoms with Crippen LogP contribution in [0.15, 0.2) is 40.5 Å². The predicted molar refractivity (Wildman–Crippen MR) is 104 cm³/mol. The molecule has 1 aliphatic rings. The van der Waals surface area contributed by atoms with Crippen LogP contribution in [-0.4, -0.2) is 28.1 Å². The van der Waals surface area contributed by atoms with E-state index < -0.39 is 0 Å². The van der Waals surface area contributed by atoms with Gasteiger partial charge in [0.15, 0.2) is 5.82 Å². The highest BCUT2D eigenvalue weighted by molar-refractivity contribution is 7.13. The van der Waals surface area contributed by atoms with Gasteiger partial charge in [-0.1, -0.05) is 18.2 Å². The van der Waals surface area contributed by atoms with Crippen LogP contribution < -0.4 is 10.3 Å². The minimum absolute atomic E-state index is 0.0464. The number of aromatic amines is 1. The molecule has 6 heteroatoms. The molecule has 5 nitrogen and oxygen atoms in total. The largest absolute Gasteiger partial charge is 0.478 e. The van der Waals surface area contributed by atoms with Crippen LogP contribution in [0.1, 0.15) is 22.4 Å². The van der Waals surface area contributed by atoms with E-state index in [1.807, 2.05) is 29.6 Å². The molecule has 0 spiro atoms. The van der Waals surface area contributed by atoms with Gasteiger partial charge in [0.25, 0.3) is 5.56 Å². The normalized spacial score (nSPS) is 14.2. The average molecular weight is 367 g/mol. The van der Waals surface area contributed by atoms with Crippen molar-refractivity contribution in [2.45, 2.75) is 26.8 Å². The number of rotatable bonds is 4. The Morgan fingerprint density at radius 2 is 2.15 bits per heavy atom. The minimum Gasteiger partial charge on any atom is -0.478 e. The second-order valence-electron chi connectivity index (χ2n) is 6.59. The minimum atomic E-state index is -0.0464. The molecule has 4 rings (SSSR count). The zero-order valence-electron chi connectivity index (χ0n) is 14.9. The lowest BCUT2D eigenvalue weighted by atomic mass is 10.1. The van der Waals surface area contributed by atoms with Crippen LogP contribution in [-0.2, 0) is 13.0 Å². The predicted octanol–water partition coefficient (Wildman–Crippen LogP) is 3.51. The van der Waals surface area contributed by atoms with Gasteiger partial charge in [0.2, 0.25) is 0 Å². The zero-order chi connectivity index (χ0) is 18.1. The Morgan fingerprint density at radius 1 is 1.27 bits per heavy atom. The first kappa shape index (κ1) is 17.0. The van der Waals surface area contributed by atoms with Gasteiger partial charge < -0.3 is 9.72 Å². The average Bonchev–Trinajstić information content (AvgIpc) is 3.18. The van der Waals surface area contributed by atoms with Crippen LogP contribution in [0.25, 0.3) is 10.7 Å². The Morgan fingerprint density at radius 3 is 2.96 bits per heavy atom. The van der Waals surface area contributed by atoms with Gasteiger partial charge in [-0.05, 0) is 42.5 Å². The quantitative estimate of drug-likeness (QED) is 0.767. The van der Waals surface area contributed by atoms with Crippen molar-refractivity contribution >= 4 is 11.3 Å². The lowest BCUT2D eigenvalue weighted by Crippen LogP contribution is -2.38. The van der Waals surface area contributed by atoms with Crippen molar-refractivity contribution in [3.05, 3.63) is 68.4 Å². The summed E-state index contributed by atoms with van der Waals surface area (Å²) in [6, 6.07) is 10.0. The number of aryl methyl sites for hydroxylation is 1. The summed E-state index contributed by atoms with van der Waals surface area (Å²) in [5.74, 6) is 1.57. The molecular weight excluding hydrogens is 346 g/mol. The first-order valence-corrected chi connectivity index (χ1v) is 9.57. The monoisotopic (exact) mass is 367 g/mol. The highest BCUT2D eigenvalue weighted by Crippen LogP contribution is 2.24. The number of thiophene rings is 1. The van der Waals surface area contributed by atoms with Crippen molar-refractivity contribution in [1.29, 1.82) is 0 Å². The molecule has 0 atom stereocenters. The fourth-order valence-corrected chi connectivity index (χ4v) is 3.83. The highest BCUT2D eigenvalue weighted by atomic mass is 32.1. The fourth-order valence-electron chi connectivity index (χ4n) is 3.16. The fraction of sp³-hybridized carbons (Fsp3) is 0.300. The van der Waals surface area contributed by atoms with Crippen LogP contribution in [0.5, 0.6) is 5.75 Å². The van der Waals surface area contributed by atoms with Gasteiger partial charge in [0, 0.05) is 19.5 Å². The van der Waals surface area contributed by atoms with Crippen molar-refractivity contribution in [1.82, 2.24) is 14.9 Å². The van der Waals surface area contributed by atoms with Crippen LogP contribution in [0.2, 0.25) is 0 Å². The molecule has 0 saturated carbocycles. The molecule has 3 heterocycles. The van der Waals surface area contributed by atoms with E-state index in [2.05, 4.69) is 34.8 Å². The molecule has 0 aliphatic carbocycles.